The van der Waals surface area contributed by atoms with Crippen molar-refractivity contribution in [2.75, 3.05) is 0 Å². The molecular formula is C20H14BrCl2N2OS-. The average molecular weight is 481 g/mol. The van der Waals surface area contributed by atoms with E-state index in [1.54, 1.807) is 17.6 Å². The van der Waals surface area contributed by atoms with Crippen molar-refractivity contribution in [3.05, 3.63) is 92.9 Å². The molecule has 0 atom stereocenters. The van der Waals surface area contributed by atoms with E-state index < -0.39 is 0 Å². The molecule has 2 aromatic heterocycles. The molecule has 0 N–H and O–H groups in total. The van der Waals surface area contributed by atoms with Gasteiger partial charge in [-0.3, -0.25) is 0 Å². The molecule has 0 fully saturated rings. The van der Waals surface area contributed by atoms with Gasteiger partial charge in [-0.05, 0) is 36.4 Å². The number of thiazole rings is 1. The Balaban J connectivity index is 0.00000210. The molecule has 3 nitrogen and oxygen atoms in total. The smallest absolute Gasteiger partial charge is 0.190 e. The molecule has 0 aliphatic carbocycles. The van der Waals surface area contributed by atoms with Crippen LogP contribution in [0.3, 0.4) is 0 Å². The van der Waals surface area contributed by atoms with Gasteiger partial charge >= 0.3 is 0 Å². The van der Waals surface area contributed by atoms with E-state index in [9.17, 15) is 0 Å². The van der Waals surface area contributed by atoms with E-state index in [2.05, 4.69) is 9.95 Å². The number of halogens is 3. The summed E-state index contributed by atoms with van der Waals surface area (Å²) in [4.78, 5) is 5.67. The number of hydrogen-bond donors (Lipinski definition) is 0. The fraction of sp³-hybridized carbons (Fsp3) is 0.0500. The summed E-state index contributed by atoms with van der Waals surface area (Å²) in [5.41, 5.74) is 2.90. The average Bonchev–Trinajstić information content (AvgIpc) is 3.30. The summed E-state index contributed by atoms with van der Waals surface area (Å²) in [6.45, 7) is 0.581. The molecule has 4 rings (SSSR count). The van der Waals surface area contributed by atoms with Crippen LogP contribution in [0.1, 0.15) is 5.76 Å². The molecule has 0 saturated carbocycles. The van der Waals surface area contributed by atoms with Gasteiger partial charge in [0.2, 0.25) is 0 Å². The van der Waals surface area contributed by atoms with Gasteiger partial charge in [-0.15, -0.1) is 11.3 Å². The SMILES string of the molecule is Clc1ccc(-c2csc(=Nc3ccccc3)n2Cc2ccco2)cc1Cl.[Br-]. The second-order valence-corrected chi connectivity index (χ2v) is 7.30. The minimum Gasteiger partial charge on any atom is -1.00 e. The van der Waals surface area contributed by atoms with Crippen molar-refractivity contribution < 1.29 is 21.4 Å². The number of rotatable bonds is 4. The van der Waals surface area contributed by atoms with Crippen LogP contribution in [-0.4, -0.2) is 4.57 Å². The third-order valence-electron chi connectivity index (χ3n) is 3.89. The summed E-state index contributed by atoms with van der Waals surface area (Å²) in [5.74, 6) is 0.860. The van der Waals surface area contributed by atoms with Crippen LogP contribution in [0, 0.1) is 0 Å². The Morgan fingerprint density at radius 2 is 1.78 bits per heavy atom. The van der Waals surface area contributed by atoms with Gasteiger partial charge in [0.25, 0.3) is 0 Å². The zero-order valence-corrected chi connectivity index (χ0v) is 17.9. The molecule has 0 saturated heterocycles. The molecule has 0 aliphatic heterocycles. The molecule has 138 valence electrons. The number of aromatic nitrogens is 1. The van der Waals surface area contributed by atoms with E-state index in [-0.39, 0.29) is 17.0 Å². The molecule has 27 heavy (non-hydrogen) atoms. The normalized spacial score (nSPS) is 11.4. The first kappa shape index (κ1) is 20.0. The highest BCUT2D eigenvalue weighted by molar-refractivity contribution is 7.07. The van der Waals surface area contributed by atoms with Crippen LogP contribution < -0.4 is 21.8 Å². The fourth-order valence-corrected chi connectivity index (χ4v) is 3.86. The Labute approximate surface area is 181 Å². The van der Waals surface area contributed by atoms with Gasteiger partial charge in [0.05, 0.1) is 34.2 Å². The molecule has 0 unspecified atom stereocenters. The minimum absolute atomic E-state index is 0. The molecule has 2 aromatic carbocycles. The highest BCUT2D eigenvalue weighted by Gasteiger charge is 2.11. The summed E-state index contributed by atoms with van der Waals surface area (Å²) in [5, 5.41) is 3.14. The molecule has 0 amide bonds. The lowest BCUT2D eigenvalue weighted by atomic mass is 10.1. The van der Waals surface area contributed by atoms with Crippen molar-refractivity contribution in [1.29, 1.82) is 0 Å². The predicted octanol–water partition coefficient (Wildman–Crippen LogP) is 3.40. The van der Waals surface area contributed by atoms with Crippen LogP contribution in [0.25, 0.3) is 11.3 Å². The van der Waals surface area contributed by atoms with E-state index in [1.807, 2.05) is 60.7 Å². The topological polar surface area (TPSA) is 30.4 Å². The van der Waals surface area contributed by atoms with Crippen molar-refractivity contribution in [1.82, 2.24) is 4.57 Å². The Morgan fingerprint density at radius 1 is 0.963 bits per heavy atom. The summed E-state index contributed by atoms with van der Waals surface area (Å²) >= 11 is 13.9. The van der Waals surface area contributed by atoms with Gasteiger partial charge in [-0.25, -0.2) is 4.99 Å². The monoisotopic (exact) mass is 479 g/mol. The lowest BCUT2D eigenvalue weighted by Crippen LogP contribution is -3.00. The Bertz CT molecular complexity index is 1090. The second-order valence-electron chi connectivity index (χ2n) is 5.65. The molecule has 0 radical (unpaired) electrons. The lowest BCUT2D eigenvalue weighted by Gasteiger charge is -2.08. The zero-order valence-electron chi connectivity index (χ0n) is 14.0. The summed E-state index contributed by atoms with van der Waals surface area (Å²) in [6.07, 6.45) is 1.68. The third-order valence-corrected chi connectivity index (χ3v) is 5.49. The highest BCUT2D eigenvalue weighted by atomic mass is 79.9. The first-order valence-corrected chi connectivity index (χ1v) is 9.60. The zero-order chi connectivity index (χ0) is 17.9. The van der Waals surface area contributed by atoms with Gasteiger partial charge in [0, 0.05) is 10.9 Å². The van der Waals surface area contributed by atoms with E-state index in [0.29, 0.717) is 16.6 Å². The largest absolute Gasteiger partial charge is 1.00 e. The summed E-state index contributed by atoms with van der Waals surface area (Å²) in [6, 6.07) is 19.4. The maximum Gasteiger partial charge on any atom is 0.190 e. The van der Waals surface area contributed by atoms with Crippen molar-refractivity contribution in [2.45, 2.75) is 6.54 Å². The standard InChI is InChI=1S/C20H14Cl2N2OS.BrH/c21-17-9-8-14(11-18(17)22)19-13-26-20(23-15-5-2-1-3-6-15)24(19)12-16-7-4-10-25-16;/h1-11,13H,12H2;1H/p-1. The molecular weight excluding hydrogens is 467 g/mol. The molecule has 4 aromatic rings. The van der Waals surface area contributed by atoms with Crippen molar-refractivity contribution in [3.8, 4) is 11.3 Å². The molecule has 7 heteroatoms. The summed E-state index contributed by atoms with van der Waals surface area (Å²) in [7, 11) is 0. The second kappa shape index (κ2) is 8.93. The lowest BCUT2D eigenvalue weighted by molar-refractivity contribution is -0.00000542. The number of nitrogens with zero attached hydrogens (tertiary/aromatic N) is 2. The number of hydrogen-bond acceptors (Lipinski definition) is 3. The quantitative estimate of drug-likeness (QED) is 0.440. The van der Waals surface area contributed by atoms with Crippen molar-refractivity contribution in [3.63, 3.8) is 0 Å². The van der Waals surface area contributed by atoms with Crippen molar-refractivity contribution in [2.24, 2.45) is 4.99 Å². The van der Waals surface area contributed by atoms with E-state index in [4.69, 9.17) is 32.6 Å². The van der Waals surface area contributed by atoms with Gasteiger partial charge in [0.1, 0.15) is 5.76 Å². The van der Waals surface area contributed by atoms with Gasteiger partial charge in [0.15, 0.2) is 4.80 Å². The Hall–Kier alpha value is -1.79. The Morgan fingerprint density at radius 3 is 2.48 bits per heavy atom. The molecule has 2 heterocycles. The maximum atomic E-state index is 6.22. The first-order chi connectivity index (χ1) is 12.7. The highest BCUT2D eigenvalue weighted by Crippen LogP contribution is 2.29. The Kier molecular flexibility index (Phi) is 6.60. The van der Waals surface area contributed by atoms with E-state index >= 15 is 0 Å². The van der Waals surface area contributed by atoms with E-state index in [0.717, 1.165) is 27.5 Å². The van der Waals surface area contributed by atoms with Crippen LogP contribution in [0.2, 0.25) is 10.0 Å². The summed E-state index contributed by atoms with van der Waals surface area (Å²) < 4.78 is 7.66. The van der Waals surface area contributed by atoms with Crippen LogP contribution >= 0.6 is 34.5 Å². The van der Waals surface area contributed by atoms with Crippen LogP contribution in [-0.2, 0) is 6.54 Å². The molecule has 0 bridgehead atoms. The van der Waals surface area contributed by atoms with Gasteiger partial charge in [-0.1, -0.05) is 47.5 Å². The van der Waals surface area contributed by atoms with Gasteiger partial charge < -0.3 is 26.0 Å². The minimum atomic E-state index is 0. The number of para-hydroxylation sites is 1. The maximum absolute atomic E-state index is 6.22. The molecule has 0 aliphatic rings. The van der Waals surface area contributed by atoms with Crippen LogP contribution in [0.15, 0.2) is 81.7 Å². The van der Waals surface area contributed by atoms with Gasteiger partial charge in [-0.2, -0.15) is 0 Å². The fourth-order valence-electron chi connectivity index (χ4n) is 2.63. The van der Waals surface area contributed by atoms with Crippen molar-refractivity contribution >= 4 is 40.2 Å². The molecule has 0 spiro atoms. The third kappa shape index (κ3) is 4.55. The first-order valence-electron chi connectivity index (χ1n) is 7.96. The van der Waals surface area contributed by atoms with Crippen LogP contribution in [0.5, 0.6) is 0 Å². The predicted molar refractivity (Wildman–Crippen MR) is 107 cm³/mol. The van der Waals surface area contributed by atoms with E-state index in [1.165, 1.54) is 0 Å². The van der Waals surface area contributed by atoms with Crippen LogP contribution in [0.4, 0.5) is 5.69 Å². The number of furan rings is 1. The number of benzene rings is 2.